The average Bonchev–Trinajstić information content (AvgIpc) is 2.72. The van der Waals surface area contributed by atoms with Crippen molar-refractivity contribution >= 4 is 17.3 Å². The third-order valence-corrected chi connectivity index (χ3v) is 4.33. The number of carbonyl (C=O) groups is 1. The Balaban J connectivity index is 1.61. The van der Waals surface area contributed by atoms with Gasteiger partial charge < -0.3 is 10.6 Å². The topological polar surface area (TPSA) is 66.9 Å². The first-order valence-corrected chi connectivity index (χ1v) is 8.90. The molecular formula is C21H19F3N4O. The predicted octanol–water partition coefficient (Wildman–Crippen LogP) is 4.66. The summed E-state index contributed by atoms with van der Waals surface area (Å²) in [4.78, 5) is 19.7. The number of aromatic nitrogens is 2. The van der Waals surface area contributed by atoms with E-state index in [4.69, 9.17) is 0 Å². The fourth-order valence-corrected chi connectivity index (χ4v) is 2.68. The number of benzene rings is 1. The summed E-state index contributed by atoms with van der Waals surface area (Å²) in [5.41, 5.74) is 1.63. The Bertz CT molecular complexity index is 960. The first-order chi connectivity index (χ1) is 13.8. The molecule has 0 fully saturated rings. The minimum Gasteiger partial charge on any atom is -0.355 e. The summed E-state index contributed by atoms with van der Waals surface area (Å²) in [5.74, 6) is -0.503. The van der Waals surface area contributed by atoms with Crippen LogP contribution < -0.4 is 10.6 Å². The van der Waals surface area contributed by atoms with Crippen molar-refractivity contribution in [3.63, 3.8) is 0 Å². The summed E-state index contributed by atoms with van der Waals surface area (Å²) in [5, 5.41) is 5.77. The molecule has 1 amide bonds. The van der Waals surface area contributed by atoms with Crippen molar-refractivity contribution in [2.24, 2.45) is 0 Å². The quantitative estimate of drug-likeness (QED) is 0.632. The third-order valence-electron chi connectivity index (χ3n) is 4.33. The fourth-order valence-electron chi connectivity index (χ4n) is 2.68. The van der Waals surface area contributed by atoms with E-state index in [1.165, 1.54) is 6.07 Å². The molecule has 5 nitrogen and oxygen atoms in total. The van der Waals surface area contributed by atoms with Crippen LogP contribution in [-0.2, 0) is 17.5 Å². The number of nitrogens with one attached hydrogen (secondary N) is 2. The van der Waals surface area contributed by atoms with E-state index in [1.807, 2.05) is 6.07 Å². The van der Waals surface area contributed by atoms with Crippen molar-refractivity contribution in [1.29, 1.82) is 0 Å². The molecule has 0 bridgehead atoms. The Morgan fingerprint density at radius 3 is 2.48 bits per heavy atom. The maximum absolute atomic E-state index is 12.8. The van der Waals surface area contributed by atoms with Crippen molar-refractivity contribution in [2.45, 2.75) is 25.6 Å². The maximum atomic E-state index is 12.8. The number of anilines is 2. The number of rotatable bonds is 6. The SMILES string of the molecule is CC(C(=O)NCc1cccnc1)c1ccc(Nc2ccnc(C(F)(F)F)c2)cc1. The molecule has 0 aliphatic carbocycles. The molecule has 3 aromatic rings. The zero-order valence-corrected chi connectivity index (χ0v) is 15.6. The van der Waals surface area contributed by atoms with Gasteiger partial charge in [0, 0.05) is 36.5 Å². The number of carbonyl (C=O) groups excluding carboxylic acids is 1. The minimum atomic E-state index is -4.50. The summed E-state index contributed by atoms with van der Waals surface area (Å²) >= 11 is 0. The lowest BCUT2D eigenvalue weighted by Gasteiger charge is -2.14. The van der Waals surface area contributed by atoms with Crippen LogP contribution in [0.25, 0.3) is 0 Å². The monoisotopic (exact) mass is 400 g/mol. The molecule has 0 saturated heterocycles. The normalized spacial score (nSPS) is 12.3. The van der Waals surface area contributed by atoms with Crippen molar-refractivity contribution in [3.8, 4) is 0 Å². The van der Waals surface area contributed by atoms with Crippen LogP contribution in [0.15, 0.2) is 67.1 Å². The van der Waals surface area contributed by atoms with Crippen molar-refractivity contribution < 1.29 is 18.0 Å². The van der Waals surface area contributed by atoms with Gasteiger partial charge in [0.25, 0.3) is 0 Å². The molecule has 8 heteroatoms. The van der Waals surface area contributed by atoms with Gasteiger partial charge in [0.1, 0.15) is 5.69 Å². The molecule has 0 radical (unpaired) electrons. The molecule has 0 saturated carbocycles. The molecule has 0 spiro atoms. The van der Waals surface area contributed by atoms with Gasteiger partial charge in [-0.3, -0.25) is 14.8 Å². The van der Waals surface area contributed by atoms with Crippen molar-refractivity contribution in [1.82, 2.24) is 15.3 Å². The van der Waals surface area contributed by atoms with Crippen LogP contribution in [0.5, 0.6) is 0 Å². The molecule has 1 atom stereocenters. The molecule has 2 heterocycles. The number of hydrogen-bond donors (Lipinski definition) is 2. The van der Waals surface area contributed by atoms with Gasteiger partial charge in [0.2, 0.25) is 5.91 Å². The van der Waals surface area contributed by atoms with E-state index < -0.39 is 11.9 Å². The van der Waals surface area contributed by atoms with Gasteiger partial charge in [-0.15, -0.1) is 0 Å². The second kappa shape index (κ2) is 8.72. The zero-order chi connectivity index (χ0) is 20.9. The number of alkyl halides is 3. The largest absolute Gasteiger partial charge is 0.433 e. The number of halogens is 3. The smallest absolute Gasteiger partial charge is 0.355 e. The third kappa shape index (κ3) is 5.54. The standard InChI is InChI=1S/C21H19F3N4O/c1-14(20(29)27-13-15-3-2-9-25-12-15)16-4-6-17(7-5-16)28-18-8-10-26-19(11-18)21(22,23)24/h2-12,14H,13H2,1H3,(H,26,28)(H,27,29). The number of nitrogens with zero attached hydrogens (tertiary/aromatic N) is 2. The number of pyridine rings is 2. The molecule has 1 aromatic carbocycles. The van der Waals surface area contributed by atoms with Crippen molar-refractivity contribution in [3.05, 3.63) is 83.9 Å². The van der Waals surface area contributed by atoms with Crippen LogP contribution in [0, 0.1) is 0 Å². The summed E-state index contributed by atoms with van der Waals surface area (Å²) in [6.07, 6.45) is -0.0392. The van der Waals surface area contributed by atoms with Crippen LogP contribution in [0.3, 0.4) is 0 Å². The number of amides is 1. The maximum Gasteiger partial charge on any atom is 0.433 e. The van der Waals surface area contributed by atoms with Gasteiger partial charge >= 0.3 is 6.18 Å². The summed E-state index contributed by atoms with van der Waals surface area (Å²) in [6, 6.07) is 13.0. The van der Waals surface area contributed by atoms with E-state index in [-0.39, 0.29) is 17.5 Å². The molecule has 1 unspecified atom stereocenters. The highest BCUT2D eigenvalue weighted by atomic mass is 19.4. The molecule has 2 aromatic heterocycles. The zero-order valence-electron chi connectivity index (χ0n) is 15.6. The second-order valence-corrected chi connectivity index (χ2v) is 6.48. The van der Waals surface area contributed by atoms with E-state index in [0.29, 0.717) is 12.2 Å². The molecule has 29 heavy (non-hydrogen) atoms. The van der Waals surface area contributed by atoms with Crippen LogP contribution in [-0.4, -0.2) is 15.9 Å². The first kappa shape index (κ1) is 20.3. The highest BCUT2D eigenvalue weighted by molar-refractivity contribution is 5.83. The Hall–Kier alpha value is -3.42. The van der Waals surface area contributed by atoms with Gasteiger partial charge in [0.15, 0.2) is 0 Å². The lowest BCUT2D eigenvalue weighted by Crippen LogP contribution is -2.27. The Kier molecular flexibility index (Phi) is 6.11. The van der Waals surface area contributed by atoms with E-state index in [0.717, 1.165) is 23.4 Å². The first-order valence-electron chi connectivity index (χ1n) is 8.90. The Morgan fingerprint density at radius 2 is 1.83 bits per heavy atom. The average molecular weight is 400 g/mol. The van der Waals surface area contributed by atoms with Gasteiger partial charge in [0.05, 0.1) is 5.92 Å². The Labute approximate surface area is 166 Å². The Morgan fingerprint density at radius 1 is 1.07 bits per heavy atom. The van der Waals surface area contributed by atoms with E-state index in [1.54, 1.807) is 49.6 Å². The summed E-state index contributed by atoms with van der Waals surface area (Å²) in [7, 11) is 0. The molecule has 0 aliphatic rings. The summed E-state index contributed by atoms with van der Waals surface area (Å²) in [6.45, 7) is 2.18. The van der Waals surface area contributed by atoms with Crippen LogP contribution in [0.4, 0.5) is 24.5 Å². The molecule has 0 aliphatic heterocycles. The minimum absolute atomic E-state index is 0.126. The molecule has 150 valence electrons. The molecule has 3 rings (SSSR count). The summed E-state index contributed by atoms with van der Waals surface area (Å²) < 4.78 is 38.3. The lowest BCUT2D eigenvalue weighted by molar-refractivity contribution is -0.141. The van der Waals surface area contributed by atoms with Crippen LogP contribution in [0.2, 0.25) is 0 Å². The van der Waals surface area contributed by atoms with E-state index in [9.17, 15) is 18.0 Å². The second-order valence-electron chi connectivity index (χ2n) is 6.48. The van der Waals surface area contributed by atoms with Gasteiger partial charge in [-0.2, -0.15) is 13.2 Å². The van der Waals surface area contributed by atoms with Gasteiger partial charge in [-0.05, 0) is 48.4 Å². The molecular weight excluding hydrogens is 381 g/mol. The van der Waals surface area contributed by atoms with E-state index >= 15 is 0 Å². The lowest BCUT2D eigenvalue weighted by atomic mass is 10.00. The highest BCUT2D eigenvalue weighted by Crippen LogP contribution is 2.30. The molecule has 2 N–H and O–H groups in total. The van der Waals surface area contributed by atoms with E-state index in [2.05, 4.69) is 20.6 Å². The highest BCUT2D eigenvalue weighted by Gasteiger charge is 2.32. The fraction of sp³-hybridized carbons (Fsp3) is 0.190. The van der Waals surface area contributed by atoms with Crippen LogP contribution >= 0.6 is 0 Å². The van der Waals surface area contributed by atoms with Gasteiger partial charge in [-0.1, -0.05) is 18.2 Å². The van der Waals surface area contributed by atoms with Crippen molar-refractivity contribution in [2.75, 3.05) is 5.32 Å². The predicted molar refractivity (Wildman–Crippen MR) is 103 cm³/mol. The van der Waals surface area contributed by atoms with Crippen LogP contribution in [0.1, 0.15) is 29.7 Å². The number of hydrogen-bond acceptors (Lipinski definition) is 4. The van der Waals surface area contributed by atoms with Gasteiger partial charge in [-0.25, -0.2) is 0 Å².